The lowest BCUT2D eigenvalue weighted by molar-refractivity contribution is -0.137. The first-order valence-electron chi connectivity index (χ1n) is 5.89. The zero-order chi connectivity index (χ0) is 14.3. The average Bonchev–Trinajstić information content (AvgIpc) is 2.86. The Bertz CT molecular complexity index is 754. The van der Waals surface area contributed by atoms with Crippen LogP contribution >= 0.6 is 0 Å². The molecule has 0 atom stereocenters. The van der Waals surface area contributed by atoms with Gasteiger partial charge in [0, 0.05) is 17.1 Å². The summed E-state index contributed by atoms with van der Waals surface area (Å²) in [6.07, 6.45) is -2.75. The Hall–Kier alpha value is -2.30. The van der Waals surface area contributed by atoms with Gasteiger partial charge in [-0.1, -0.05) is 12.1 Å². The van der Waals surface area contributed by atoms with Crippen LogP contribution in [0.3, 0.4) is 0 Å². The van der Waals surface area contributed by atoms with Gasteiger partial charge in [-0.3, -0.25) is 0 Å². The highest BCUT2D eigenvalue weighted by Crippen LogP contribution is 2.32. The van der Waals surface area contributed by atoms with Crippen LogP contribution in [0.5, 0.6) is 0 Å². The third kappa shape index (κ3) is 2.15. The fourth-order valence-corrected chi connectivity index (χ4v) is 2.14. The lowest BCUT2D eigenvalue weighted by Crippen LogP contribution is -2.03. The third-order valence-electron chi connectivity index (χ3n) is 3.16. The van der Waals surface area contributed by atoms with Crippen LogP contribution in [0, 0.1) is 5.82 Å². The molecule has 0 saturated carbocycles. The molecule has 0 unspecified atom stereocenters. The summed E-state index contributed by atoms with van der Waals surface area (Å²) in [5.74, 6) is -0.404. The lowest BCUT2D eigenvalue weighted by Gasteiger charge is -2.08. The number of H-pyrrole nitrogens is 1. The molecule has 0 saturated heterocycles. The number of halogens is 4. The second kappa shape index (κ2) is 4.37. The van der Waals surface area contributed by atoms with E-state index >= 15 is 0 Å². The van der Waals surface area contributed by atoms with Gasteiger partial charge in [0.25, 0.3) is 0 Å². The van der Waals surface area contributed by atoms with E-state index in [9.17, 15) is 17.6 Å². The first-order valence-corrected chi connectivity index (χ1v) is 5.89. The first kappa shape index (κ1) is 12.7. The van der Waals surface area contributed by atoms with E-state index < -0.39 is 17.6 Å². The van der Waals surface area contributed by atoms with Gasteiger partial charge in [0.05, 0.1) is 5.56 Å². The second-order valence-electron chi connectivity index (χ2n) is 4.47. The molecular weight excluding hydrogens is 270 g/mol. The maximum atomic E-state index is 13.8. The molecule has 102 valence electrons. The summed E-state index contributed by atoms with van der Waals surface area (Å²) < 4.78 is 51.3. The van der Waals surface area contributed by atoms with E-state index in [0.717, 1.165) is 12.1 Å². The largest absolute Gasteiger partial charge is 0.416 e. The van der Waals surface area contributed by atoms with Gasteiger partial charge in [-0.2, -0.15) is 13.2 Å². The summed E-state index contributed by atoms with van der Waals surface area (Å²) in [6.45, 7) is 0. The van der Waals surface area contributed by atoms with E-state index in [4.69, 9.17) is 0 Å². The van der Waals surface area contributed by atoms with E-state index in [0.29, 0.717) is 22.0 Å². The first-order chi connectivity index (χ1) is 9.45. The van der Waals surface area contributed by atoms with Crippen molar-refractivity contribution >= 4 is 10.9 Å². The molecule has 1 aromatic heterocycles. The maximum absolute atomic E-state index is 13.8. The fraction of sp³-hybridized carbons (Fsp3) is 0.0667. The third-order valence-corrected chi connectivity index (χ3v) is 3.16. The Morgan fingerprint density at radius 1 is 0.850 bits per heavy atom. The number of nitrogens with one attached hydrogen (secondary N) is 1. The number of rotatable bonds is 1. The number of benzene rings is 2. The molecule has 0 aliphatic rings. The van der Waals surface area contributed by atoms with Gasteiger partial charge in [-0.15, -0.1) is 0 Å². The molecule has 0 fully saturated rings. The summed E-state index contributed by atoms with van der Waals surface area (Å²) >= 11 is 0. The molecule has 0 aliphatic heterocycles. The van der Waals surface area contributed by atoms with Gasteiger partial charge in [-0.25, -0.2) is 4.39 Å². The van der Waals surface area contributed by atoms with Crippen LogP contribution in [0.15, 0.2) is 48.7 Å². The van der Waals surface area contributed by atoms with Crippen LogP contribution < -0.4 is 0 Å². The van der Waals surface area contributed by atoms with Crippen molar-refractivity contribution < 1.29 is 17.6 Å². The molecule has 0 radical (unpaired) electrons. The number of hydrogen-bond donors (Lipinski definition) is 1. The Morgan fingerprint density at radius 3 is 2.20 bits per heavy atom. The molecule has 0 bridgehead atoms. The molecule has 1 heterocycles. The van der Waals surface area contributed by atoms with Gasteiger partial charge in [0.15, 0.2) is 0 Å². The summed E-state index contributed by atoms with van der Waals surface area (Å²) in [4.78, 5) is 2.89. The standard InChI is InChI=1S/C15H9F4N/c16-13-7-10(8-14-12(13)5-6-20-14)9-1-3-11(4-2-9)15(17,18)19/h1-8,20H. The van der Waals surface area contributed by atoms with Gasteiger partial charge in [0.2, 0.25) is 0 Å². The summed E-state index contributed by atoms with van der Waals surface area (Å²) in [5, 5.41) is 0.459. The number of aromatic amines is 1. The second-order valence-corrected chi connectivity index (χ2v) is 4.47. The number of hydrogen-bond acceptors (Lipinski definition) is 0. The topological polar surface area (TPSA) is 15.8 Å². The molecule has 5 heteroatoms. The molecule has 3 rings (SSSR count). The minimum absolute atomic E-state index is 0.404. The Morgan fingerprint density at radius 2 is 1.55 bits per heavy atom. The minimum Gasteiger partial charge on any atom is -0.361 e. The molecule has 0 spiro atoms. The SMILES string of the molecule is Fc1cc(-c2ccc(C(F)(F)F)cc2)cc2[nH]ccc12. The zero-order valence-electron chi connectivity index (χ0n) is 10.1. The number of alkyl halides is 3. The average molecular weight is 279 g/mol. The highest BCUT2D eigenvalue weighted by molar-refractivity contribution is 5.85. The monoisotopic (exact) mass is 279 g/mol. The van der Waals surface area contributed by atoms with Crippen LogP contribution in [0.2, 0.25) is 0 Å². The van der Waals surface area contributed by atoms with Crippen molar-refractivity contribution in [1.29, 1.82) is 0 Å². The molecule has 2 aromatic carbocycles. The highest BCUT2D eigenvalue weighted by atomic mass is 19.4. The van der Waals surface area contributed by atoms with Crippen LogP contribution in [-0.2, 0) is 6.18 Å². The molecule has 1 nitrogen and oxygen atoms in total. The zero-order valence-corrected chi connectivity index (χ0v) is 10.1. The van der Waals surface area contributed by atoms with Crippen molar-refractivity contribution in [2.75, 3.05) is 0 Å². The van der Waals surface area contributed by atoms with E-state index in [2.05, 4.69) is 4.98 Å². The predicted octanol–water partition coefficient (Wildman–Crippen LogP) is 4.99. The summed E-state index contributed by atoms with van der Waals surface area (Å²) in [6, 6.07) is 9.30. The number of fused-ring (bicyclic) bond motifs is 1. The number of aromatic nitrogens is 1. The van der Waals surface area contributed by atoms with Gasteiger partial charge >= 0.3 is 6.18 Å². The minimum atomic E-state index is -4.37. The quantitative estimate of drug-likeness (QED) is 0.604. The van der Waals surface area contributed by atoms with Gasteiger partial charge in [0.1, 0.15) is 5.82 Å². The Balaban J connectivity index is 2.06. The van der Waals surface area contributed by atoms with Gasteiger partial charge < -0.3 is 4.98 Å². The molecule has 1 N–H and O–H groups in total. The fourth-order valence-electron chi connectivity index (χ4n) is 2.14. The summed E-state index contributed by atoms with van der Waals surface area (Å²) in [5.41, 5.74) is 0.960. The Kier molecular flexibility index (Phi) is 2.78. The molecule has 20 heavy (non-hydrogen) atoms. The van der Waals surface area contributed by atoms with E-state index in [1.807, 2.05) is 0 Å². The van der Waals surface area contributed by atoms with E-state index in [-0.39, 0.29) is 0 Å². The Labute approximate surface area is 111 Å². The van der Waals surface area contributed by atoms with Crippen molar-refractivity contribution in [2.24, 2.45) is 0 Å². The van der Waals surface area contributed by atoms with Crippen molar-refractivity contribution in [3.8, 4) is 11.1 Å². The molecule has 0 aliphatic carbocycles. The molecule has 0 amide bonds. The van der Waals surface area contributed by atoms with Crippen LogP contribution in [0.1, 0.15) is 5.56 Å². The van der Waals surface area contributed by atoms with Crippen molar-refractivity contribution in [3.63, 3.8) is 0 Å². The van der Waals surface area contributed by atoms with Crippen LogP contribution in [-0.4, -0.2) is 4.98 Å². The normalized spacial score (nSPS) is 12.0. The molecular formula is C15H9F4N. The molecule has 3 aromatic rings. The van der Waals surface area contributed by atoms with E-state index in [1.54, 1.807) is 18.3 Å². The van der Waals surface area contributed by atoms with Crippen LogP contribution in [0.25, 0.3) is 22.0 Å². The van der Waals surface area contributed by atoms with Crippen LogP contribution in [0.4, 0.5) is 17.6 Å². The van der Waals surface area contributed by atoms with E-state index in [1.165, 1.54) is 18.2 Å². The lowest BCUT2D eigenvalue weighted by atomic mass is 10.0. The van der Waals surface area contributed by atoms with Crippen molar-refractivity contribution in [1.82, 2.24) is 4.98 Å². The maximum Gasteiger partial charge on any atom is 0.416 e. The summed E-state index contributed by atoms with van der Waals surface area (Å²) in [7, 11) is 0. The van der Waals surface area contributed by atoms with Crippen molar-refractivity contribution in [3.05, 3.63) is 60.0 Å². The smallest absolute Gasteiger partial charge is 0.361 e. The highest BCUT2D eigenvalue weighted by Gasteiger charge is 2.29. The van der Waals surface area contributed by atoms with Gasteiger partial charge in [-0.05, 0) is 41.5 Å². The predicted molar refractivity (Wildman–Crippen MR) is 68.7 cm³/mol. The van der Waals surface area contributed by atoms with Crippen molar-refractivity contribution in [2.45, 2.75) is 6.18 Å².